The molecule has 0 aromatic heterocycles. The van der Waals surface area contributed by atoms with Crippen LogP contribution in [0.5, 0.6) is 0 Å². The van der Waals surface area contributed by atoms with Gasteiger partial charge in [0.2, 0.25) is 5.91 Å². The highest BCUT2D eigenvalue weighted by molar-refractivity contribution is 5.95. The summed E-state index contributed by atoms with van der Waals surface area (Å²) in [6.45, 7) is 4.41. The van der Waals surface area contributed by atoms with E-state index in [1.165, 1.54) is 25.7 Å². The van der Waals surface area contributed by atoms with Gasteiger partial charge in [-0.1, -0.05) is 25.0 Å². The molecule has 3 unspecified atom stereocenters. The zero-order valence-electron chi connectivity index (χ0n) is 15.5. The number of carbonyl (C=O) groups excluding carboxylic acids is 1. The monoisotopic (exact) mass is 382 g/mol. The van der Waals surface area contributed by atoms with Crippen molar-refractivity contribution in [1.29, 1.82) is 0 Å². The van der Waals surface area contributed by atoms with Crippen LogP contribution in [0.25, 0.3) is 0 Å². The van der Waals surface area contributed by atoms with Gasteiger partial charge in [-0.2, -0.15) is 0 Å². The topological polar surface area (TPSA) is 59.6 Å². The van der Waals surface area contributed by atoms with Gasteiger partial charge < -0.3 is 20.1 Å². The molecule has 1 aromatic carbocycles. The lowest BCUT2D eigenvalue weighted by Gasteiger charge is -2.24. The third-order valence-corrected chi connectivity index (χ3v) is 5.22. The summed E-state index contributed by atoms with van der Waals surface area (Å²) < 4.78 is 10.9. The lowest BCUT2D eigenvalue weighted by Crippen LogP contribution is -2.39. The van der Waals surface area contributed by atoms with Gasteiger partial charge >= 0.3 is 0 Å². The molecule has 1 heterocycles. The van der Waals surface area contributed by atoms with Gasteiger partial charge in [-0.3, -0.25) is 4.79 Å². The van der Waals surface area contributed by atoms with E-state index in [0.717, 1.165) is 17.7 Å². The van der Waals surface area contributed by atoms with E-state index in [4.69, 9.17) is 9.47 Å². The van der Waals surface area contributed by atoms with Gasteiger partial charge in [0.1, 0.15) is 0 Å². The summed E-state index contributed by atoms with van der Waals surface area (Å²) >= 11 is 0. The van der Waals surface area contributed by atoms with Crippen LogP contribution in [0.15, 0.2) is 24.3 Å². The zero-order chi connectivity index (χ0) is 17.5. The fourth-order valence-corrected chi connectivity index (χ4v) is 3.94. The van der Waals surface area contributed by atoms with E-state index in [9.17, 15) is 4.79 Å². The molecule has 3 atom stereocenters. The first-order valence-corrected chi connectivity index (χ1v) is 9.57. The molecule has 2 fully saturated rings. The minimum absolute atomic E-state index is 0. The Labute approximate surface area is 162 Å². The molecular formula is C20H31ClN2O3. The normalized spacial score (nSPS) is 24.6. The molecule has 2 aliphatic rings. The summed E-state index contributed by atoms with van der Waals surface area (Å²) in [5, 5.41) is 6.59. The summed E-state index contributed by atoms with van der Waals surface area (Å²) in [4.78, 5) is 12.6. The van der Waals surface area contributed by atoms with Gasteiger partial charge in [0.15, 0.2) is 0 Å². The number of carbonyl (C=O) groups is 1. The van der Waals surface area contributed by atoms with Gasteiger partial charge in [-0.15, -0.1) is 12.4 Å². The smallest absolute Gasteiger partial charge is 0.241 e. The second kappa shape index (κ2) is 10.9. The summed E-state index contributed by atoms with van der Waals surface area (Å²) in [6.07, 6.45) is 6.03. The van der Waals surface area contributed by atoms with Crippen molar-refractivity contribution < 1.29 is 14.3 Å². The number of anilines is 1. The van der Waals surface area contributed by atoms with Crippen molar-refractivity contribution in [3.05, 3.63) is 29.8 Å². The molecule has 1 saturated heterocycles. The number of hydrogen-bond donors (Lipinski definition) is 2. The maximum Gasteiger partial charge on any atom is 0.241 e. The highest BCUT2D eigenvalue weighted by Gasteiger charge is 2.38. The molecular weight excluding hydrogens is 352 g/mol. The first-order valence-electron chi connectivity index (χ1n) is 9.57. The van der Waals surface area contributed by atoms with Gasteiger partial charge in [-0.25, -0.2) is 0 Å². The number of rotatable bonds is 8. The van der Waals surface area contributed by atoms with Crippen molar-refractivity contribution in [2.24, 2.45) is 5.92 Å². The Morgan fingerprint density at radius 2 is 2.04 bits per heavy atom. The molecule has 26 heavy (non-hydrogen) atoms. The van der Waals surface area contributed by atoms with Crippen LogP contribution in [-0.4, -0.2) is 37.8 Å². The van der Waals surface area contributed by atoms with Crippen molar-refractivity contribution in [2.45, 2.75) is 57.7 Å². The summed E-state index contributed by atoms with van der Waals surface area (Å²) in [6, 6.07) is 8.37. The average molecular weight is 383 g/mol. The second-order valence-corrected chi connectivity index (χ2v) is 7.05. The van der Waals surface area contributed by atoms with Crippen LogP contribution in [0.2, 0.25) is 0 Å². The lowest BCUT2D eigenvalue weighted by atomic mass is 9.85. The van der Waals surface area contributed by atoms with Gasteiger partial charge in [0.25, 0.3) is 0 Å². The Morgan fingerprint density at radius 1 is 1.23 bits per heavy atom. The van der Waals surface area contributed by atoms with Crippen molar-refractivity contribution >= 4 is 24.0 Å². The molecule has 1 aromatic rings. The van der Waals surface area contributed by atoms with E-state index in [2.05, 4.69) is 10.6 Å². The average Bonchev–Trinajstić information content (AvgIpc) is 3.06. The number of nitrogens with one attached hydrogen (secondary N) is 2. The van der Waals surface area contributed by atoms with Crippen LogP contribution in [0.1, 0.15) is 44.6 Å². The first kappa shape index (κ1) is 21.2. The van der Waals surface area contributed by atoms with E-state index in [1.54, 1.807) is 0 Å². The Morgan fingerprint density at radius 3 is 2.85 bits per heavy atom. The molecule has 1 amide bonds. The fourth-order valence-electron chi connectivity index (χ4n) is 3.94. The van der Waals surface area contributed by atoms with E-state index in [-0.39, 0.29) is 24.4 Å². The van der Waals surface area contributed by atoms with Crippen molar-refractivity contribution in [2.75, 3.05) is 25.1 Å². The first-order chi connectivity index (χ1) is 12.3. The summed E-state index contributed by atoms with van der Waals surface area (Å²) in [7, 11) is 0. The zero-order valence-corrected chi connectivity index (χ0v) is 16.4. The third kappa shape index (κ3) is 5.95. The Bertz CT molecular complexity index is 556. The SMILES string of the molecule is CCOCCOCc1cccc(NC(=O)C2CC3CCCCC3N2)c1.Cl. The Balaban J connectivity index is 0.00000243. The second-order valence-electron chi connectivity index (χ2n) is 7.05. The Hall–Kier alpha value is -1.14. The molecule has 1 aliphatic carbocycles. The molecule has 1 saturated carbocycles. The predicted molar refractivity (Wildman–Crippen MR) is 106 cm³/mol. The number of fused-ring (bicyclic) bond motifs is 1. The minimum Gasteiger partial charge on any atom is -0.379 e. The molecule has 0 radical (unpaired) electrons. The van der Waals surface area contributed by atoms with E-state index in [0.29, 0.717) is 38.4 Å². The largest absolute Gasteiger partial charge is 0.379 e. The fraction of sp³-hybridized carbons (Fsp3) is 0.650. The standard InChI is InChI=1S/C20H30N2O3.ClH/c1-2-24-10-11-25-14-15-6-5-8-17(12-15)21-20(23)19-13-16-7-3-4-9-18(16)22-19;/h5-6,8,12,16,18-19,22H,2-4,7,9-11,13-14H2,1H3,(H,21,23);1H. The van der Waals surface area contributed by atoms with Crippen molar-refractivity contribution in [3.63, 3.8) is 0 Å². The van der Waals surface area contributed by atoms with Crippen LogP contribution in [0.3, 0.4) is 0 Å². The molecule has 5 nitrogen and oxygen atoms in total. The van der Waals surface area contributed by atoms with Gasteiger partial charge in [0, 0.05) is 18.3 Å². The van der Waals surface area contributed by atoms with Crippen molar-refractivity contribution in [3.8, 4) is 0 Å². The highest BCUT2D eigenvalue weighted by Crippen LogP contribution is 2.33. The number of ether oxygens (including phenoxy) is 2. The van der Waals surface area contributed by atoms with E-state index < -0.39 is 0 Å². The minimum atomic E-state index is -0.0563. The molecule has 0 spiro atoms. The number of hydrogen-bond acceptors (Lipinski definition) is 4. The maximum atomic E-state index is 12.6. The van der Waals surface area contributed by atoms with Crippen LogP contribution < -0.4 is 10.6 Å². The molecule has 146 valence electrons. The summed E-state index contributed by atoms with van der Waals surface area (Å²) in [5.41, 5.74) is 1.90. The molecule has 6 heteroatoms. The van der Waals surface area contributed by atoms with Crippen LogP contribution in [0, 0.1) is 5.92 Å². The molecule has 0 bridgehead atoms. The molecule has 1 aliphatic heterocycles. The van der Waals surface area contributed by atoms with Gasteiger partial charge in [-0.05, 0) is 49.8 Å². The van der Waals surface area contributed by atoms with Crippen molar-refractivity contribution in [1.82, 2.24) is 5.32 Å². The highest BCUT2D eigenvalue weighted by atomic mass is 35.5. The predicted octanol–water partition coefficient (Wildman–Crippen LogP) is 3.52. The number of halogens is 1. The third-order valence-electron chi connectivity index (χ3n) is 5.22. The van der Waals surface area contributed by atoms with Gasteiger partial charge in [0.05, 0.1) is 25.9 Å². The Kier molecular flexibility index (Phi) is 8.85. The lowest BCUT2D eigenvalue weighted by molar-refractivity contribution is -0.117. The van der Waals surface area contributed by atoms with Crippen LogP contribution >= 0.6 is 12.4 Å². The van der Waals surface area contributed by atoms with E-state index >= 15 is 0 Å². The number of amides is 1. The summed E-state index contributed by atoms with van der Waals surface area (Å²) in [5.74, 6) is 0.762. The maximum absolute atomic E-state index is 12.6. The quantitative estimate of drug-likeness (QED) is 0.675. The van der Waals surface area contributed by atoms with Crippen LogP contribution in [-0.2, 0) is 20.9 Å². The van der Waals surface area contributed by atoms with E-state index in [1.807, 2.05) is 31.2 Å². The van der Waals surface area contributed by atoms with Crippen LogP contribution in [0.4, 0.5) is 5.69 Å². The number of benzene rings is 1. The molecule has 2 N–H and O–H groups in total. The molecule has 3 rings (SSSR count).